The Kier molecular flexibility index (Phi) is 6.38. The number of aryl methyl sites for hydroxylation is 1. The van der Waals surface area contributed by atoms with Gasteiger partial charge in [0.1, 0.15) is 17.7 Å². The highest BCUT2D eigenvalue weighted by atomic mass is 32.2. The Balaban J connectivity index is 1.56. The molecule has 1 saturated heterocycles. The molecule has 1 aliphatic heterocycles. The maximum absolute atomic E-state index is 13.5. The van der Waals surface area contributed by atoms with Crippen molar-refractivity contribution in [2.45, 2.75) is 44.2 Å². The molecule has 2 aromatic carbocycles. The van der Waals surface area contributed by atoms with Gasteiger partial charge in [0, 0.05) is 32.0 Å². The fraction of sp³-hybridized carbons (Fsp3) is 0.241. The van der Waals surface area contributed by atoms with E-state index in [1.807, 2.05) is 41.7 Å². The van der Waals surface area contributed by atoms with Crippen LogP contribution in [0.5, 0.6) is 5.75 Å². The number of aromatic nitrogens is 4. The minimum absolute atomic E-state index is 0.131. The second-order valence-electron chi connectivity index (χ2n) is 9.91. The predicted octanol–water partition coefficient (Wildman–Crippen LogP) is 4.16. The Hall–Kier alpha value is -4.51. The van der Waals surface area contributed by atoms with E-state index in [0.717, 1.165) is 11.1 Å². The Labute approximate surface area is 232 Å². The molecule has 10 nitrogen and oxygen atoms in total. The average Bonchev–Trinajstić information content (AvgIpc) is 3.63. The van der Waals surface area contributed by atoms with E-state index in [4.69, 9.17) is 14.7 Å². The highest BCUT2D eigenvalue weighted by Crippen LogP contribution is 2.38. The summed E-state index contributed by atoms with van der Waals surface area (Å²) in [4.78, 5) is 36.4. The lowest BCUT2D eigenvalue weighted by Gasteiger charge is -2.22. The molecule has 6 rings (SSSR count). The molecule has 5 aromatic rings. The van der Waals surface area contributed by atoms with E-state index in [0.29, 0.717) is 39.5 Å². The van der Waals surface area contributed by atoms with Crippen LogP contribution in [0.3, 0.4) is 0 Å². The Morgan fingerprint density at radius 1 is 1.02 bits per heavy atom. The minimum Gasteiger partial charge on any atom is -0.508 e. The van der Waals surface area contributed by atoms with Crippen molar-refractivity contribution in [3.63, 3.8) is 0 Å². The van der Waals surface area contributed by atoms with Gasteiger partial charge in [0.05, 0.1) is 40.4 Å². The maximum atomic E-state index is 13.5. The van der Waals surface area contributed by atoms with E-state index in [-0.39, 0.29) is 18.2 Å². The first-order chi connectivity index (χ1) is 19.2. The molecule has 0 spiro atoms. The molecule has 0 saturated carbocycles. The van der Waals surface area contributed by atoms with Crippen molar-refractivity contribution in [1.29, 1.82) is 0 Å². The molecule has 204 valence electrons. The van der Waals surface area contributed by atoms with Crippen LogP contribution in [0.1, 0.15) is 37.7 Å². The van der Waals surface area contributed by atoms with Gasteiger partial charge in [-0.25, -0.2) is 18.1 Å². The number of benzene rings is 2. The molecular weight excluding hydrogens is 530 g/mol. The van der Waals surface area contributed by atoms with Gasteiger partial charge in [-0.2, -0.15) is 0 Å². The summed E-state index contributed by atoms with van der Waals surface area (Å²) in [6.45, 7) is 5.07. The summed E-state index contributed by atoms with van der Waals surface area (Å²) in [6.07, 6.45) is 3.33. The summed E-state index contributed by atoms with van der Waals surface area (Å²) in [5, 5.41) is 9.84. The second-order valence-corrected chi connectivity index (χ2v) is 11.3. The van der Waals surface area contributed by atoms with Gasteiger partial charge in [0.15, 0.2) is 16.6 Å². The largest absolute Gasteiger partial charge is 0.508 e. The van der Waals surface area contributed by atoms with E-state index in [2.05, 4.69) is 0 Å². The van der Waals surface area contributed by atoms with Crippen LogP contribution in [0.15, 0.2) is 71.9 Å². The van der Waals surface area contributed by atoms with Crippen molar-refractivity contribution >= 4 is 39.5 Å². The number of phenols is 1. The first-order valence-electron chi connectivity index (χ1n) is 12.8. The lowest BCUT2D eigenvalue weighted by molar-refractivity contribution is -0.146. The van der Waals surface area contributed by atoms with E-state index < -0.39 is 29.1 Å². The Bertz CT molecular complexity index is 1790. The molecule has 0 bridgehead atoms. The highest BCUT2D eigenvalue weighted by molar-refractivity contribution is 7.83. The second kappa shape index (κ2) is 9.91. The standard InChI is InChI=1S/C29H27N5O5S/c1-17-4-10-23(11-5-17)40(38)33-13-12-24-28(33)30-15-26-27(20-6-8-21(37)9-7-20)31-29(34(24)26)25-14-22(39-19(3)36)16-32(25)18(2)35/h4-13,15,22,25,37H,14,16H2,1-3H3. The van der Waals surface area contributed by atoms with Gasteiger partial charge >= 0.3 is 5.97 Å². The zero-order valence-electron chi connectivity index (χ0n) is 22.1. The number of rotatable bonds is 5. The fourth-order valence-corrected chi connectivity index (χ4v) is 6.37. The molecule has 3 atom stereocenters. The van der Waals surface area contributed by atoms with Crippen LogP contribution in [0.4, 0.5) is 0 Å². The number of amides is 1. The van der Waals surface area contributed by atoms with Crippen molar-refractivity contribution < 1.29 is 23.6 Å². The number of carbonyl (C=O) groups excluding carboxylic acids is 2. The SMILES string of the molecule is CC(=O)OC1CC(c2nc(-c3ccc(O)cc3)c3cnc4c(ccn4S(=O)c4ccc(C)cc4)n23)N(C(C)=O)C1. The molecule has 1 amide bonds. The molecule has 3 aromatic heterocycles. The van der Waals surface area contributed by atoms with Crippen LogP contribution < -0.4 is 0 Å². The van der Waals surface area contributed by atoms with Gasteiger partial charge in [-0.3, -0.25) is 14.0 Å². The number of esters is 1. The number of ether oxygens (including phenoxy) is 1. The molecule has 11 heteroatoms. The van der Waals surface area contributed by atoms with Crippen LogP contribution in [0.2, 0.25) is 0 Å². The molecule has 3 unspecified atom stereocenters. The van der Waals surface area contributed by atoms with E-state index in [1.54, 1.807) is 45.5 Å². The number of hydrogen-bond acceptors (Lipinski definition) is 7. The molecule has 40 heavy (non-hydrogen) atoms. The van der Waals surface area contributed by atoms with Crippen molar-refractivity contribution in [3.8, 4) is 17.0 Å². The Morgan fingerprint density at radius 2 is 1.75 bits per heavy atom. The third kappa shape index (κ3) is 4.41. The maximum Gasteiger partial charge on any atom is 0.302 e. The molecule has 1 fully saturated rings. The van der Waals surface area contributed by atoms with Crippen LogP contribution in [-0.4, -0.2) is 57.1 Å². The van der Waals surface area contributed by atoms with Crippen molar-refractivity contribution in [2.75, 3.05) is 6.54 Å². The van der Waals surface area contributed by atoms with Crippen LogP contribution in [0, 0.1) is 6.92 Å². The highest BCUT2D eigenvalue weighted by Gasteiger charge is 2.39. The molecule has 1 N–H and O–H groups in total. The number of phenolic OH excluding ortho intramolecular Hbond substituents is 1. The molecular formula is C29H27N5O5S. The lowest BCUT2D eigenvalue weighted by atomic mass is 10.1. The number of imidazole rings is 1. The smallest absolute Gasteiger partial charge is 0.302 e. The zero-order chi connectivity index (χ0) is 28.1. The number of hydrogen-bond donors (Lipinski definition) is 1. The van der Waals surface area contributed by atoms with Gasteiger partial charge in [-0.05, 0) is 49.4 Å². The van der Waals surface area contributed by atoms with Gasteiger partial charge < -0.3 is 14.7 Å². The number of aromatic hydroxyl groups is 1. The van der Waals surface area contributed by atoms with Crippen molar-refractivity contribution in [3.05, 3.63) is 78.4 Å². The summed E-state index contributed by atoms with van der Waals surface area (Å²) in [6, 6.07) is 15.6. The number of likely N-dealkylation sites (tertiary alicyclic amines) is 1. The van der Waals surface area contributed by atoms with E-state index in [1.165, 1.54) is 13.8 Å². The van der Waals surface area contributed by atoms with Crippen molar-refractivity contribution in [2.24, 2.45) is 0 Å². The topological polar surface area (TPSA) is 119 Å². The summed E-state index contributed by atoms with van der Waals surface area (Å²) in [5.74, 6) is 0.140. The number of carbonyl (C=O) groups is 2. The van der Waals surface area contributed by atoms with Gasteiger partial charge in [0.25, 0.3) is 0 Å². The zero-order valence-corrected chi connectivity index (χ0v) is 23.0. The normalized spacial score (nSPS) is 17.9. The number of nitrogens with zero attached hydrogens (tertiary/aromatic N) is 5. The molecule has 0 radical (unpaired) electrons. The third-order valence-electron chi connectivity index (χ3n) is 7.13. The van der Waals surface area contributed by atoms with E-state index in [9.17, 15) is 18.9 Å². The summed E-state index contributed by atoms with van der Waals surface area (Å²) in [5.41, 5.74) is 4.30. The quantitative estimate of drug-likeness (QED) is 0.322. The van der Waals surface area contributed by atoms with Crippen LogP contribution in [-0.2, 0) is 25.3 Å². The van der Waals surface area contributed by atoms with Crippen molar-refractivity contribution in [1.82, 2.24) is 23.2 Å². The van der Waals surface area contributed by atoms with Crippen LogP contribution in [0.25, 0.3) is 27.9 Å². The predicted molar refractivity (Wildman–Crippen MR) is 149 cm³/mol. The minimum atomic E-state index is -1.54. The fourth-order valence-electron chi connectivity index (χ4n) is 5.31. The van der Waals surface area contributed by atoms with Crippen LogP contribution >= 0.6 is 0 Å². The molecule has 0 aliphatic carbocycles. The summed E-state index contributed by atoms with van der Waals surface area (Å²) in [7, 11) is -1.54. The third-order valence-corrected chi connectivity index (χ3v) is 8.46. The monoisotopic (exact) mass is 557 g/mol. The molecule has 4 heterocycles. The summed E-state index contributed by atoms with van der Waals surface area (Å²) < 4.78 is 22.6. The van der Waals surface area contributed by atoms with E-state index >= 15 is 0 Å². The summed E-state index contributed by atoms with van der Waals surface area (Å²) >= 11 is 0. The van der Waals surface area contributed by atoms with Gasteiger partial charge in [-0.15, -0.1) is 0 Å². The van der Waals surface area contributed by atoms with Gasteiger partial charge in [0.2, 0.25) is 5.91 Å². The Morgan fingerprint density at radius 3 is 2.42 bits per heavy atom. The average molecular weight is 558 g/mol. The first kappa shape index (κ1) is 25.8. The molecule has 1 aliphatic rings. The lowest BCUT2D eigenvalue weighted by Crippen LogP contribution is -2.31. The van der Waals surface area contributed by atoms with Gasteiger partial charge in [-0.1, -0.05) is 17.7 Å². The first-order valence-corrected chi connectivity index (χ1v) is 13.9. The number of fused-ring (bicyclic) bond motifs is 3.